The highest BCUT2D eigenvalue weighted by Crippen LogP contribution is 2.23. The van der Waals surface area contributed by atoms with Gasteiger partial charge in [0.15, 0.2) is 5.16 Å². The predicted octanol–water partition coefficient (Wildman–Crippen LogP) is 3.17. The van der Waals surface area contributed by atoms with Gasteiger partial charge in [-0.05, 0) is 37.6 Å². The molecule has 3 rings (SSSR count). The van der Waals surface area contributed by atoms with E-state index in [0.29, 0.717) is 18.3 Å². The van der Waals surface area contributed by atoms with Gasteiger partial charge in [-0.3, -0.25) is 9.36 Å². The van der Waals surface area contributed by atoms with Crippen molar-refractivity contribution in [1.82, 2.24) is 20.1 Å². The van der Waals surface area contributed by atoms with Gasteiger partial charge in [-0.2, -0.15) is 0 Å². The summed E-state index contributed by atoms with van der Waals surface area (Å²) in [5.41, 5.74) is 2.16. The van der Waals surface area contributed by atoms with Crippen LogP contribution in [-0.4, -0.2) is 39.6 Å². The molecule has 1 aromatic heterocycles. The highest BCUT2D eigenvalue weighted by molar-refractivity contribution is 7.99. The maximum atomic E-state index is 12.1. The molecule has 0 fully saturated rings. The third-order valence-electron chi connectivity index (χ3n) is 3.92. The number of ether oxygens (including phenoxy) is 1. The lowest BCUT2D eigenvalue weighted by Gasteiger charge is -2.11. The van der Waals surface area contributed by atoms with Crippen LogP contribution in [0, 0.1) is 13.8 Å². The Bertz CT molecular complexity index is 896. The zero-order valence-electron chi connectivity index (χ0n) is 15.4. The lowest BCUT2D eigenvalue weighted by molar-refractivity contribution is -0.118. The number of amides is 1. The number of benzene rings is 2. The number of nitrogens with one attached hydrogen (secondary N) is 1. The summed E-state index contributed by atoms with van der Waals surface area (Å²) < 4.78 is 7.54. The molecule has 1 heterocycles. The lowest BCUT2D eigenvalue weighted by atomic mass is 10.2. The number of hydrogen-bond acceptors (Lipinski definition) is 5. The zero-order valence-corrected chi connectivity index (χ0v) is 16.2. The van der Waals surface area contributed by atoms with Crippen molar-refractivity contribution < 1.29 is 9.53 Å². The van der Waals surface area contributed by atoms with Crippen LogP contribution in [0.1, 0.15) is 11.4 Å². The fraction of sp³-hybridized carbons (Fsp3) is 0.250. The van der Waals surface area contributed by atoms with Crippen LogP contribution >= 0.6 is 11.8 Å². The molecule has 0 unspecified atom stereocenters. The standard InChI is InChI=1S/C20H22N4O2S/c1-15-8-6-7-11-18(15)24-16(2)22-23-20(24)27-14-19(25)21-12-13-26-17-9-4-3-5-10-17/h3-11H,12-14H2,1-2H3,(H,21,25). The molecule has 0 saturated heterocycles. The normalized spacial score (nSPS) is 10.6. The number of carbonyl (C=O) groups is 1. The molecule has 0 spiro atoms. The van der Waals surface area contributed by atoms with E-state index in [1.165, 1.54) is 11.8 Å². The monoisotopic (exact) mass is 382 g/mol. The van der Waals surface area contributed by atoms with Crippen LogP contribution in [-0.2, 0) is 4.79 Å². The molecule has 0 aliphatic carbocycles. The maximum absolute atomic E-state index is 12.1. The number of carbonyl (C=O) groups excluding carboxylic acids is 1. The molecule has 7 heteroatoms. The Kier molecular flexibility index (Phi) is 6.49. The lowest BCUT2D eigenvalue weighted by Crippen LogP contribution is -2.29. The Labute approximate surface area is 163 Å². The highest BCUT2D eigenvalue weighted by Gasteiger charge is 2.14. The van der Waals surface area contributed by atoms with Crippen LogP contribution in [0.5, 0.6) is 5.75 Å². The summed E-state index contributed by atoms with van der Waals surface area (Å²) >= 11 is 1.37. The van der Waals surface area contributed by atoms with Crippen molar-refractivity contribution in [2.24, 2.45) is 0 Å². The number of rotatable bonds is 8. The molecule has 1 N–H and O–H groups in total. The molecule has 0 aliphatic rings. The quantitative estimate of drug-likeness (QED) is 0.479. The van der Waals surface area contributed by atoms with Gasteiger partial charge in [0.25, 0.3) is 0 Å². The topological polar surface area (TPSA) is 69.0 Å². The van der Waals surface area contributed by atoms with Crippen molar-refractivity contribution >= 4 is 17.7 Å². The molecule has 140 valence electrons. The molecule has 0 radical (unpaired) electrons. The average molecular weight is 382 g/mol. The Morgan fingerprint density at radius 2 is 1.81 bits per heavy atom. The molecule has 2 aromatic carbocycles. The molecule has 0 saturated carbocycles. The molecule has 0 aliphatic heterocycles. The number of aromatic nitrogens is 3. The summed E-state index contributed by atoms with van der Waals surface area (Å²) in [6.45, 7) is 4.84. The van der Waals surface area contributed by atoms with E-state index in [1.54, 1.807) is 0 Å². The van der Waals surface area contributed by atoms with Gasteiger partial charge in [0.1, 0.15) is 18.2 Å². The molecule has 27 heavy (non-hydrogen) atoms. The van der Waals surface area contributed by atoms with Crippen LogP contribution in [0.3, 0.4) is 0 Å². The van der Waals surface area contributed by atoms with Crippen LogP contribution in [0.4, 0.5) is 0 Å². The first-order valence-corrected chi connectivity index (χ1v) is 9.69. The fourth-order valence-corrected chi connectivity index (χ4v) is 3.41. The third kappa shape index (κ3) is 5.10. The van der Waals surface area contributed by atoms with E-state index in [1.807, 2.05) is 73.0 Å². The van der Waals surface area contributed by atoms with Crippen LogP contribution in [0.15, 0.2) is 59.8 Å². The predicted molar refractivity (Wildman–Crippen MR) is 107 cm³/mol. The van der Waals surface area contributed by atoms with Crippen molar-refractivity contribution in [3.05, 3.63) is 66.0 Å². The van der Waals surface area contributed by atoms with Gasteiger partial charge in [-0.15, -0.1) is 10.2 Å². The Balaban J connectivity index is 1.50. The second-order valence-electron chi connectivity index (χ2n) is 5.95. The summed E-state index contributed by atoms with van der Waals surface area (Å²) in [7, 11) is 0. The Hall–Kier alpha value is -2.80. The Morgan fingerprint density at radius 3 is 2.59 bits per heavy atom. The van der Waals surface area contributed by atoms with Gasteiger partial charge in [0, 0.05) is 0 Å². The Morgan fingerprint density at radius 1 is 1.07 bits per heavy atom. The van der Waals surface area contributed by atoms with Crippen molar-refractivity contribution in [2.45, 2.75) is 19.0 Å². The minimum atomic E-state index is -0.0614. The summed E-state index contributed by atoms with van der Waals surface area (Å²) in [6, 6.07) is 17.6. The first kappa shape index (κ1) is 19.0. The van der Waals surface area contributed by atoms with Gasteiger partial charge < -0.3 is 10.1 Å². The summed E-state index contributed by atoms with van der Waals surface area (Å²) in [6.07, 6.45) is 0. The van der Waals surface area contributed by atoms with Crippen molar-refractivity contribution in [3.8, 4) is 11.4 Å². The number of aryl methyl sites for hydroxylation is 2. The van der Waals surface area contributed by atoms with E-state index in [0.717, 1.165) is 22.8 Å². The summed E-state index contributed by atoms with van der Waals surface area (Å²) in [5.74, 6) is 1.80. The average Bonchev–Trinajstić information content (AvgIpc) is 3.05. The highest BCUT2D eigenvalue weighted by atomic mass is 32.2. The van der Waals surface area contributed by atoms with Crippen LogP contribution < -0.4 is 10.1 Å². The molecule has 3 aromatic rings. The number of hydrogen-bond donors (Lipinski definition) is 1. The van der Waals surface area contributed by atoms with Crippen LogP contribution in [0.25, 0.3) is 5.69 Å². The zero-order chi connectivity index (χ0) is 19.1. The van der Waals surface area contributed by atoms with Gasteiger partial charge >= 0.3 is 0 Å². The van der Waals surface area contributed by atoms with E-state index >= 15 is 0 Å². The van der Waals surface area contributed by atoms with Crippen molar-refractivity contribution in [3.63, 3.8) is 0 Å². The van der Waals surface area contributed by atoms with E-state index in [9.17, 15) is 4.79 Å². The molecule has 0 atom stereocenters. The number of nitrogens with zero attached hydrogens (tertiary/aromatic N) is 3. The van der Waals surface area contributed by atoms with E-state index < -0.39 is 0 Å². The second kappa shape index (κ2) is 9.23. The second-order valence-corrected chi connectivity index (χ2v) is 6.89. The fourth-order valence-electron chi connectivity index (χ4n) is 2.59. The van der Waals surface area contributed by atoms with E-state index in [4.69, 9.17) is 4.74 Å². The largest absolute Gasteiger partial charge is 0.492 e. The van der Waals surface area contributed by atoms with E-state index in [2.05, 4.69) is 15.5 Å². The van der Waals surface area contributed by atoms with Crippen molar-refractivity contribution in [2.75, 3.05) is 18.9 Å². The SMILES string of the molecule is Cc1ccccc1-n1c(C)nnc1SCC(=O)NCCOc1ccccc1. The molecule has 1 amide bonds. The first-order valence-electron chi connectivity index (χ1n) is 8.70. The molecular weight excluding hydrogens is 360 g/mol. The number of thioether (sulfide) groups is 1. The van der Waals surface area contributed by atoms with Crippen molar-refractivity contribution in [1.29, 1.82) is 0 Å². The van der Waals surface area contributed by atoms with Gasteiger partial charge in [-0.25, -0.2) is 0 Å². The maximum Gasteiger partial charge on any atom is 0.230 e. The minimum Gasteiger partial charge on any atom is -0.492 e. The number of para-hydroxylation sites is 2. The smallest absolute Gasteiger partial charge is 0.230 e. The summed E-state index contributed by atoms with van der Waals surface area (Å²) in [5, 5.41) is 11.9. The molecular formula is C20H22N4O2S. The van der Waals surface area contributed by atoms with Gasteiger partial charge in [0.2, 0.25) is 5.91 Å². The minimum absolute atomic E-state index is 0.0614. The third-order valence-corrected chi connectivity index (χ3v) is 4.85. The molecule has 6 nitrogen and oxygen atoms in total. The van der Waals surface area contributed by atoms with E-state index in [-0.39, 0.29) is 11.7 Å². The first-order chi connectivity index (χ1) is 13.1. The molecule has 0 bridgehead atoms. The van der Waals surface area contributed by atoms with Gasteiger partial charge in [0.05, 0.1) is 18.0 Å². The summed E-state index contributed by atoms with van der Waals surface area (Å²) in [4.78, 5) is 12.1. The van der Waals surface area contributed by atoms with Crippen LogP contribution in [0.2, 0.25) is 0 Å². The van der Waals surface area contributed by atoms with Gasteiger partial charge in [-0.1, -0.05) is 48.2 Å².